The zero-order valence-electron chi connectivity index (χ0n) is 13.4. The van der Waals surface area contributed by atoms with Gasteiger partial charge in [-0.3, -0.25) is 4.79 Å². The minimum atomic E-state index is -4.95. The number of benzene rings is 1. The summed E-state index contributed by atoms with van der Waals surface area (Å²) in [6, 6.07) is 6.48. The van der Waals surface area contributed by atoms with E-state index in [0.29, 0.717) is 4.60 Å². The molecule has 12 heteroatoms. The molecule has 0 spiro atoms. The minimum Gasteiger partial charge on any atom is -0.437 e. The Morgan fingerprint density at radius 3 is 2.50 bits per heavy atom. The van der Waals surface area contributed by atoms with Gasteiger partial charge in [-0.2, -0.15) is 13.2 Å². The van der Waals surface area contributed by atoms with Crippen molar-refractivity contribution in [2.45, 2.75) is 6.18 Å². The lowest BCUT2D eigenvalue weighted by Gasteiger charge is -2.12. The van der Waals surface area contributed by atoms with Crippen LogP contribution in [0.3, 0.4) is 0 Å². The van der Waals surface area contributed by atoms with Crippen molar-refractivity contribution in [3.63, 3.8) is 0 Å². The molecular weight excluding hydrogens is 474 g/mol. The quantitative estimate of drug-likeness (QED) is 0.448. The first kappa shape index (κ1) is 20.1. The molecule has 6 nitrogen and oxygen atoms in total. The van der Waals surface area contributed by atoms with Crippen molar-refractivity contribution >= 4 is 27.5 Å². The first-order chi connectivity index (χ1) is 13.1. The number of H-pyrrole nitrogens is 1. The van der Waals surface area contributed by atoms with Crippen LogP contribution in [0.4, 0.5) is 17.6 Å². The molecule has 0 saturated carbocycles. The highest BCUT2D eigenvalue weighted by Gasteiger charge is 2.33. The van der Waals surface area contributed by atoms with Gasteiger partial charge in [0.2, 0.25) is 5.88 Å². The Bertz CT molecular complexity index is 1150. The number of aromatic nitrogens is 3. The molecule has 0 radical (unpaired) electrons. The Morgan fingerprint density at radius 2 is 1.89 bits per heavy atom. The number of hydrogen-bond donors (Lipinski definition) is 1. The molecule has 28 heavy (non-hydrogen) atoms. The van der Waals surface area contributed by atoms with Crippen molar-refractivity contribution in [3.05, 3.63) is 78.4 Å². The summed E-state index contributed by atoms with van der Waals surface area (Å²) in [7, 11) is 0. The van der Waals surface area contributed by atoms with Gasteiger partial charge in [-0.05, 0) is 28.1 Å². The Labute approximate surface area is 166 Å². The molecule has 2 aromatic heterocycles. The molecule has 0 aliphatic carbocycles. The fraction of sp³-hybridized carbons (Fsp3) is 0.0625. The van der Waals surface area contributed by atoms with E-state index in [9.17, 15) is 27.2 Å². The van der Waals surface area contributed by atoms with Crippen molar-refractivity contribution in [2.24, 2.45) is 0 Å². The Hall–Kier alpha value is -2.66. The molecule has 3 rings (SSSR count). The van der Waals surface area contributed by atoms with E-state index in [-0.39, 0.29) is 27.3 Å². The van der Waals surface area contributed by atoms with E-state index >= 15 is 0 Å². The van der Waals surface area contributed by atoms with Gasteiger partial charge in [-0.25, -0.2) is 18.7 Å². The van der Waals surface area contributed by atoms with Gasteiger partial charge >= 0.3 is 11.9 Å². The maximum absolute atomic E-state index is 14.3. The summed E-state index contributed by atoms with van der Waals surface area (Å²) in [5.41, 5.74) is -5.06. The molecule has 0 aliphatic rings. The van der Waals surface area contributed by atoms with Crippen LogP contribution in [0, 0.1) is 5.82 Å². The molecule has 146 valence electrons. The van der Waals surface area contributed by atoms with Gasteiger partial charge in [0, 0.05) is 18.2 Å². The molecule has 0 fully saturated rings. The van der Waals surface area contributed by atoms with Gasteiger partial charge < -0.3 is 9.72 Å². The van der Waals surface area contributed by atoms with Crippen LogP contribution >= 0.6 is 27.5 Å². The molecule has 1 aromatic carbocycles. The van der Waals surface area contributed by atoms with Crippen LogP contribution in [0.2, 0.25) is 5.02 Å². The maximum Gasteiger partial charge on any atom is 0.431 e. The molecule has 0 aliphatic heterocycles. The van der Waals surface area contributed by atoms with Gasteiger partial charge in [-0.15, -0.1) is 0 Å². The smallest absolute Gasteiger partial charge is 0.431 e. The third-order valence-electron chi connectivity index (χ3n) is 3.38. The Kier molecular flexibility index (Phi) is 5.31. The summed E-state index contributed by atoms with van der Waals surface area (Å²) in [6.45, 7) is 0. The second-order valence-electron chi connectivity index (χ2n) is 5.29. The van der Waals surface area contributed by atoms with Crippen molar-refractivity contribution in [1.82, 2.24) is 14.5 Å². The highest BCUT2D eigenvalue weighted by Crippen LogP contribution is 2.32. The Morgan fingerprint density at radius 1 is 1.18 bits per heavy atom. The number of hydrogen-bond acceptors (Lipinski definition) is 4. The zero-order valence-corrected chi connectivity index (χ0v) is 15.7. The fourth-order valence-electron chi connectivity index (χ4n) is 2.20. The molecule has 0 unspecified atom stereocenters. The van der Waals surface area contributed by atoms with Crippen molar-refractivity contribution in [3.8, 4) is 17.3 Å². The SMILES string of the molecule is O=c1cc(C(F)(F)F)[nH]c(=O)n1-c1cc(Oc2cccc(Br)n2)c(Cl)cc1F. The summed E-state index contributed by atoms with van der Waals surface area (Å²) >= 11 is 9.05. The van der Waals surface area contributed by atoms with E-state index in [2.05, 4.69) is 20.9 Å². The van der Waals surface area contributed by atoms with Gasteiger partial charge in [0.15, 0.2) is 0 Å². The van der Waals surface area contributed by atoms with Crippen LogP contribution in [0.1, 0.15) is 5.69 Å². The van der Waals surface area contributed by atoms with E-state index < -0.39 is 34.6 Å². The summed E-state index contributed by atoms with van der Waals surface area (Å²) < 4.78 is 58.5. The van der Waals surface area contributed by atoms with E-state index in [1.54, 1.807) is 12.1 Å². The molecule has 2 heterocycles. The van der Waals surface area contributed by atoms with E-state index in [4.69, 9.17) is 16.3 Å². The highest BCUT2D eigenvalue weighted by atomic mass is 79.9. The van der Waals surface area contributed by atoms with Crippen molar-refractivity contribution < 1.29 is 22.3 Å². The minimum absolute atomic E-state index is 0.0579. The number of pyridine rings is 1. The third-order valence-corrected chi connectivity index (χ3v) is 4.12. The van der Waals surface area contributed by atoms with Crippen molar-refractivity contribution in [1.29, 1.82) is 0 Å². The highest BCUT2D eigenvalue weighted by molar-refractivity contribution is 9.10. The molecule has 0 amide bonds. The predicted octanol–water partition coefficient (Wildman–Crippen LogP) is 4.29. The lowest BCUT2D eigenvalue weighted by atomic mass is 10.2. The van der Waals surface area contributed by atoms with Crippen LogP contribution in [-0.2, 0) is 6.18 Å². The summed E-state index contributed by atoms with van der Waals surface area (Å²) in [5, 5.41) is -0.209. The topological polar surface area (TPSA) is 77.0 Å². The first-order valence-electron chi connectivity index (χ1n) is 7.29. The number of aromatic amines is 1. The summed E-state index contributed by atoms with van der Waals surface area (Å²) in [4.78, 5) is 29.5. The van der Waals surface area contributed by atoms with Gasteiger partial charge in [0.25, 0.3) is 5.56 Å². The largest absolute Gasteiger partial charge is 0.437 e. The second kappa shape index (κ2) is 7.40. The number of nitrogens with zero attached hydrogens (tertiary/aromatic N) is 2. The molecule has 0 atom stereocenters. The molecular formula is C16H7BrClF4N3O3. The lowest BCUT2D eigenvalue weighted by molar-refractivity contribution is -0.141. The Balaban J connectivity index is 2.13. The van der Waals surface area contributed by atoms with E-state index in [1.807, 2.05) is 0 Å². The molecule has 0 bridgehead atoms. The van der Waals surface area contributed by atoms with Gasteiger partial charge in [-0.1, -0.05) is 17.7 Å². The molecule has 1 N–H and O–H groups in total. The average molecular weight is 481 g/mol. The van der Waals surface area contributed by atoms with E-state index in [0.717, 1.165) is 12.1 Å². The van der Waals surface area contributed by atoms with Gasteiger partial charge in [0.1, 0.15) is 21.9 Å². The monoisotopic (exact) mass is 479 g/mol. The lowest BCUT2D eigenvalue weighted by Crippen LogP contribution is -2.36. The number of ether oxygens (including phenoxy) is 1. The van der Waals surface area contributed by atoms with Gasteiger partial charge in [0.05, 0.1) is 10.7 Å². The summed E-state index contributed by atoms with van der Waals surface area (Å²) in [5.74, 6) is -1.23. The first-order valence-corrected chi connectivity index (χ1v) is 8.47. The average Bonchev–Trinajstić information content (AvgIpc) is 2.57. The van der Waals surface area contributed by atoms with E-state index in [1.165, 1.54) is 11.1 Å². The normalized spacial score (nSPS) is 11.5. The predicted molar refractivity (Wildman–Crippen MR) is 94.6 cm³/mol. The number of rotatable bonds is 3. The standard InChI is InChI=1S/C16H7BrClF4N3O3/c17-12-2-1-3-13(24-12)28-10-5-9(8(19)4-7(10)18)25-14(26)6-11(16(20,21)22)23-15(25)27/h1-6H,(H,23,27). The third kappa shape index (κ3) is 4.09. The van der Waals surface area contributed by atoms with Crippen LogP contribution in [0.5, 0.6) is 11.6 Å². The van der Waals surface area contributed by atoms with Crippen LogP contribution in [-0.4, -0.2) is 14.5 Å². The molecule has 0 saturated heterocycles. The second-order valence-corrected chi connectivity index (χ2v) is 6.51. The van der Waals surface area contributed by atoms with Crippen molar-refractivity contribution in [2.75, 3.05) is 0 Å². The van der Waals surface area contributed by atoms with Crippen LogP contribution in [0.15, 0.2) is 50.6 Å². The number of nitrogens with one attached hydrogen (secondary N) is 1. The fourth-order valence-corrected chi connectivity index (χ4v) is 2.72. The maximum atomic E-state index is 14.3. The van der Waals surface area contributed by atoms with Crippen LogP contribution < -0.4 is 16.0 Å². The van der Waals surface area contributed by atoms with Crippen LogP contribution in [0.25, 0.3) is 5.69 Å². The zero-order chi connectivity index (χ0) is 20.6. The number of alkyl halides is 3. The number of halogens is 6. The summed E-state index contributed by atoms with van der Waals surface area (Å²) in [6.07, 6.45) is -4.95. The molecule has 3 aromatic rings.